The number of carbonyl (C=O) groups excluding carboxylic acids is 14. The lowest BCUT2D eigenvalue weighted by atomic mass is 9.90. The number of nitrogens with one attached hydrogen (secondary N) is 4. The minimum atomic E-state index is -2.11. The average molecular weight is 1500 g/mol. The summed E-state index contributed by atoms with van der Waals surface area (Å²) in [6.45, 7) is -0.339. The molecule has 39 nitrogen and oxygen atoms in total. The number of unbranched alkanes of at least 4 members (excludes halogenated alkanes) is 3. The van der Waals surface area contributed by atoms with Crippen molar-refractivity contribution < 1.29 is 133 Å². The Hall–Kier alpha value is -8.98. The number of aromatic nitrogens is 3. The van der Waals surface area contributed by atoms with Crippen molar-refractivity contribution >= 4 is 115 Å². The Balaban J connectivity index is 3.49. The molecule has 0 spiro atoms. The van der Waals surface area contributed by atoms with E-state index in [4.69, 9.17) is 97.7 Å². The third kappa shape index (κ3) is 38.9. The molecule has 0 bridgehead atoms. The van der Waals surface area contributed by atoms with Crippen molar-refractivity contribution in [2.75, 3.05) is 195 Å². The average Bonchev–Trinajstić information content (AvgIpc) is 0.901. The Labute approximate surface area is 621 Å². The fraction of sp³-hybridized carbons (Fsp3) is 0.746. The Kier molecular flexibility index (Phi) is 42.6. The summed E-state index contributed by atoms with van der Waals surface area (Å²) >= 11 is 0. The Morgan fingerprint density at radius 1 is 0.340 bits per heavy atom. The van der Waals surface area contributed by atoms with Crippen molar-refractivity contribution in [1.29, 1.82) is 0 Å². The number of hydrogen-bond acceptors (Lipinski definition) is 34. The lowest BCUT2D eigenvalue weighted by molar-refractivity contribution is -0.181. The first-order chi connectivity index (χ1) is 49.4. The van der Waals surface area contributed by atoms with E-state index in [2.05, 4.69) is 31.6 Å². The number of carbonyl (C=O) groups is 14. The lowest BCUT2D eigenvalue weighted by Crippen LogP contribution is -2.47. The predicted octanol–water partition coefficient (Wildman–Crippen LogP) is 0.00710. The van der Waals surface area contributed by atoms with E-state index in [0.717, 1.165) is 20.8 Å². The van der Waals surface area contributed by atoms with Gasteiger partial charge in [-0.2, -0.15) is 0 Å². The molecule has 0 atom stereocenters. The van der Waals surface area contributed by atoms with Gasteiger partial charge in [0.2, 0.25) is 54.9 Å². The van der Waals surface area contributed by atoms with Crippen molar-refractivity contribution in [3.05, 3.63) is 11.9 Å². The molecule has 0 unspecified atom stereocenters. The van der Waals surface area contributed by atoms with Crippen LogP contribution in [0.4, 0.5) is 38.4 Å². The van der Waals surface area contributed by atoms with Crippen LogP contribution in [0.1, 0.15) is 72.9 Å². The normalized spacial score (nSPS) is 11.8. The molecule has 4 N–H and O–H groups in total. The predicted molar refractivity (Wildman–Crippen MR) is 372 cm³/mol. The van der Waals surface area contributed by atoms with Crippen LogP contribution in [0, 0.1) is 32.5 Å². The highest BCUT2D eigenvalue weighted by atomic mass is 16.6. The van der Waals surface area contributed by atoms with Crippen LogP contribution < -0.4 is 21.3 Å². The van der Waals surface area contributed by atoms with Gasteiger partial charge in [-0.25, -0.2) is 19.2 Å². The van der Waals surface area contributed by atoms with Gasteiger partial charge in [-0.05, 0) is 117 Å². The molecule has 0 aliphatic rings. The highest BCUT2D eigenvalue weighted by molar-refractivity contribution is 6.56. The lowest BCUT2D eigenvalue weighted by Gasteiger charge is -2.32. The van der Waals surface area contributed by atoms with Crippen LogP contribution in [0.15, 0.2) is 6.20 Å². The second kappa shape index (κ2) is 47.6. The molecule has 106 heavy (non-hydrogen) atoms. The third-order valence-electron chi connectivity index (χ3n) is 15.0. The number of esters is 6. The third-order valence-corrected chi connectivity index (χ3v) is 15.0. The molecule has 1 rings (SSSR count). The van der Waals surface area contributed by atoms with Crippen LogP contribution in [-0.4, -0.2) is 344 Å². The number of rotatable bonds is 51. The van der Waals surface area contributed by atoms with E-state index in [1.54, 1.807) is 76.0 Å². The minimum Gasteiger partial charge on any atom is -0.473 e. The van der Waals surface area contributed by atoms with Gasteiger partial charge in [-0.3, -0.25) is 52.6 Å². The molecule has 0 aromatic carbocycles. The van der Waals surface area contributed by atoms with Crippen LogP contribution >= 0.6 is 0 Å². The maximum absolute atomic E-state index is 14.3. The molecular formula is C63H101B4N11O28. The molecule has 0 aliphatic heterocycles. The van der Waals surface area contributed by atoms with Crippen molar-refractivity contribution in [3.8, 4) is 0 Å². The van der Waals surface area contributed by atoms with Crippen LogP contribution in [0.5, 0.6) is 0 Å². The SMILES string of the molecule is [B]C(=O)OCC(C)(COC([B])=O)C(=O)OCC(C)(COC(=O)C(C)(COC([B])=O)COC([B])=O)C(=O)OCc1cn(CCCCCCOC(=O)C(C)(COC(=O)C(C)(COC(=O)NCCN(C)C)COC(=O)NCCN(C)C)COC(=O)C(C)(COC(=O)NCCN(C)C)COC(=O)NCCN(C)C)nn1. The summed E-state index contributed by atoms with van der Waals surface area (Å²) in [6.07, 6.45) is -0.548. The molecule has 0 aliphatic carbocycles. The Morgan fingerprint density at radius 2 is 0.575 bits per heavy atom. The zero-order valence-corrected chi connectivity index (χ0v) is 63.0. The smallest absolute Gasteiger partial charge is 0.407 e. The molecule has 0 saturated carbocycles. The molecule has 588 valence electrons. The van der Waals surface area contributed by atoms with Crippen LogP contribution in [0.25, 0.3) is 0 Å². The number of aryl methyl sites for hydroxylation is 1. The second-order valence-electron chi connectivity index (χ2n) is 27.4. The highest BCUT2D eigenvalue weighted by Gasteiger charge is 2.48. The Morgan fingerprint density at radius 3 is 0.840 bits per heavy atom. The first-order valence-corrected chi connectivity index (χ1v) is 33.3. The Bertz CT molecular complexity index is 2810. The van der Waals surface area contributed by atoms with Crippen molar-refractivity contribution in [3.63, 3.8) is 0 Å². The number of likely N-dealkylation sites (N-methyl/N-ethyl adjacent to an activating group) is 4. The fourth-order valence-electron chi connectivity index (χ4n) is 8.00. The van der Waals surface area contributed by atoms with Gasteiger partial charge in [0.05, 0.1) is 12.8 Å². The monoisotopic (exact) mass is 1500 g/mol. The van der Waals surface area contributed by atoms with E-state index in [1.807, 2.05) is 0 Å². The zero-order chi connectivity index (χ0) is 80.5. The van der Waals surface area contributed by atoms with Crippen LogP contribution in [0.2, 0.25) is 0 Å². The van der Waals surface area contributed by atoms with Gasteiger partial charge in [0.25, 0.3) is 0 Å². The second-order valence-corrected chi connectivity index (χ2v) is 27.4. The summed E-state index contributed by atoms with van der Waals surface area (Å²) in [5, 5.41) is 18.3. The summed E-state index contributed by atoms with van der Waals surface area (Å²) in [7, 11) is 34.6. The quantitative estimate of drug-likeness (QED) is 0.0289. The van der Waals surface area contributed by atoms with Gasteiger partial charge in [-0.15, -0.1) is 5.10 Å². The molecule has 1 heterocycles. The maximum Gasteiger partial charge on any atom is 0.407 e. The molecule has 8 radical (unpaired) electrons. The fourth-order valence-corrected chi connectivity index (χ4v) is 8.00. The summed E-state index contributed by atoms with van der Waals surface area (Å²) in [6, 6.07) is 0. The van der Waals surface area contributed by atoms with E-state index in [-0.39, 0.29) is 51.4 Å². The first-order valence-electron chi connectivity index (χ1n) is 33.3. The van der Waals surface area contributed by atoms with Crippen molar-refractivity contribution in [2.45, 2.75) is 80.4 Å². The first kappa shape index (κ1) is 95.0. The number of hydrogen-bond donors (Lipinski definition) is 4. The van der Waals surface area contributed by atoms with E-state index in [9.17, 15) is 67.1 Å². The largest absolute Gasteiger partial charge is 0.473 e. The van der Waals surface area contributed by atoms with Gasteiger partial charge >= 0.3 is 60.2 Å². The number of alkyl carbamates (subject to hydrolysis) is 4. The molecule has 43 heteroatoms. The van der Waals surface area contributed by atoms with Gasteiger partial charge in [-0.1, -0.05) is 11.6 Å². The van der Waals surface area contributed by atoms with Gasteiger partial charge < -0.3 is 107 Å². The number of ether oxygens (including phenoxy) is 14. The summed E-state index contributed by atoms with van der Waals surface area (Å²) in [4.78, 5) is 188. The molecule has 0 fully saturated rings. The van der Waals surface area contributed by atoms with E-state index < -0.39 is 202 Å². The molecule has 1 aromatic heterocycles. The molecule has 1 aromatic rings. The van der Waals surface area contributed by atoms with Crippen LogP contribution in [0.3, 0.4) is 0 Å². The van der Waals surface area contributed by atoms with Crippen molar-refractivity contribution in [2.24, 2.45) is 32.5 Å². The standard InChI is InChI=1S/C63H101B4N11O28/c1-58(31-95-48(83)62(5,39-103-54(89)68-19-24-74(7)8)40-104-55(90)69-20-25-75(9)10,32-96-49(84)63(6,41-105-56(91)70-21-26-76(11)12)42-106-57(92)71-22-27-77(13)14)44(79)93-28-18-16-15-17-23-78-29-43(72-73-78)30-94-45(80)59(2,33-97-46(81)60(3,35-99-50(64)85)36-100-51(65)86)34-98-47(82)61(4,37-101-52(66)87)38-102-53(67)88/h29H,15-28,30-42H2,1-14H3,(H,68,89)(H,69,90)(H,70,91)(H,71,92). The summed E-state index contributed by atoms with van der Waals surface area (Å²) < 4.78 is 75.7. The van der Waals surface area contributed by atoms with Gasteiger partial charge in [0.1, 0.15) is 124 Å². The summed E-state index contributed by atoms with van der Waals surface area (Å²) in [5.74, 6) is -12.2. The topological polar surface area (TPSA) is 460 Å². The molecule has 0 saturated heterocycles. The van der Waals surface area contributed by atoms with Gasteiger partial charge in [0, 0.05) is 58.9 Å². The number of nitrogens with zero attached hydrogens (tertiary/aromatic N) is 7. The number of amides is 4. The van der Waals surface area contributed by atoms with Gasteiger partial charge in [0.15, 0.2) is 0 Å². The van der Waals surface area contributed by atoms with E-state index >= 15 is 0 Å². The van der Waals surface area contributed by atoms with Crippen LogP contribution in [-0.2, 0) is 108 Å². The summed E-state index contributed by atoms with van der Waals surface area (Å²) in [5.41, 5.74) is -11.8. The minimum absolute atomic E-state index is 0.0994. The maximum atomic E-state index is 14.3. The van der Waals surface area contributed by atoms with E-state index in [1.165, 1.54) is 31.6 Å². The highest BCUT2D eigenvalue weighted by Crippen LogP contribution is 2.31. The zero-order valence-electron chi connectivity index (χ0n) is 63.0. The van der Waals surface area contributed by atoms with Crippen molar-refractivity contribution in [1.82, 2.24) is 55.9 Å². The van der Waals surface area contributed by atoms with E-state index in [0.29, 0.717) is 45.4 Å². The molecule has 4 amide bonds. The molecular weight excluding hydrogens is 1400 g/mol.